The van der Waals surface area contributed by atoms with Crippen molar-refractivity contribution in [2.45, 2.75) is 39.2 Å². The molecular weight excluding hydrogens is 362 g/mol. The van der Waals surface area contributed by atoms with Crippen molar-refractivity contribution in [3.8, 4) is 0 Å². The molecule has 2 aliphatic rings. The molecular formula is C24H29N3O2. The fourth-order valence-electron chi connectivity index (χ4n) is 4.07. The number of piperazine rings is 1. The van der Waals surface area contributed by atoms with Gasteiger partial charge in [0.2, 0.25) is 5.91 Å². The van der Waals surface area contributed by atoms with Crippen LogP contribution in [0.1, 0.15) is 53.2 Å². The number of nitrogens with one attached hydrogen (secondary N) is 1. The van der Waals surface area contributed by atoms with E-state index in [9.17, 15) is 9.59 Å². The number of amides is 2. The van der Waals surface area contributed by atoms with Crippen LogP contribution in [0.25, 0.3) is 0 Å². The van der Waals surface area contributed by atoms with Gasteiger partial charge in [-0.25, -0.2) is 0 Å². The molecule has 5 nitrogen and oxygen atoms in total. The second-order valence-electron chi connectivity index (χ2n) is 8.38. The second kappa shape index (κ2) is 8.37. The molecule has 2 aromatic carbocycles. The van der Waals surface area contributed by atoms with Crippen LogP contribution in [-0.2, 0) is 17.8 Å². The molecule has 0 atom stereocenters. The molecule has 1 fully saturated rings. The molecule has 0 spiro atoms. The van der Waals surface area contributed by atoms with Gasteiger partial charge in [-0.3, -0.25) is 14.5 Å². The summed E-state index contributed by atoms with van der Waals surface area (Å²) in [7, 11) is 0. The first-order valence-electron chi connectivity index (χ1n) is 10.5. The predicted molar refractivity (Wildman–Crippen MR) is 115 cm³/mol. The van der Waals surface area contributed by atoms with Crippen LogP contribution in [0.2, 0.25) is 0 Å². The van der Waals surface area contributed by atoms with Gasteiger partial charge in [0.25, 0.3) is 5.91 Å². The van der Waals surface area contributed by atoms with Gasteiger partial charge in [0.15, 0.2) is 0 Å². The molecule has 2 aromatic rings. The third-order valence-electron chi connectivity index (χ3n) is 5.96. The number of rotatable bonds is 4. The van der Waals surface area contributed by atoms with Crippen molar-refractivity contribution in [1.29, 1.82) is 0 Å². The Morgan fingerprint density at radius 2 is 1.72 bits per heavy atom. The maximum absolute atomic E-state index is 12.9. The number of nitrogens with zero attached hydrogens (tertiary/aromatic N) is 2. The minimum Gasteiger partial charge on any atom is -0.336 e. The van der Waals surface area contributed by atoms with E-state index in [4.69, 9.17) is 0 Å². The summed E-state index contributed by atoms with van der Waals surface area (Å²) in [5, 5.41) is 2.87. The third kappa shape index (κ3) is 4.51. The lowest BCUT2D eigenvalue weighted by Crippen LogP contribution is -2.48. The second-order valence-corrected chi connectivity index (χ2v) is 8.38. The molecule has 2 aliphatic heterocycles. The maximum Gasteiger partial charge on any atom is 0.253 e. The third-order valence-corrected chi connectivity index (χ3v) is 5.96. The van der Waals surface area contributed by atoms with Crippen molar-refractivity contribution in [1.82, 2.24) is 9.80 Å². The fraction of sp³-hybridized carbons (Fsp3) is 0.417. The van der Waals surface area contributed by atoms with Gasteiger partial charge in [0.05, 0.1) is 0 Å². The Morgan fingerprint density at radius 1 is 1.00 bits per heavy atom. The van der Waals surface area contributed by atoms with Gasteiger partial charge in [0, 0.05) is 50.4 Å². The van der Waals surface area contributed by atoms with Crippen LogP contribution in [0.5, 0.6) is 0 Å². The first-order valence-corrected chi connectivity index (χ1v) is 10.5. The Kier molecular flexibility index (Phi) is 5.67. The summed E-state index contributed by atoms with van der Waals surface area (Å²) in [6.07, 6.45) is 1.19. The van der Waals surface area contributed by atoms with Gasteiger partial charge in [-0.2, -0.15) is 0 Å². The standard InChI is InChI=1S/C24H29N3O2/c1-17(2)19-5-3-18(4-6-19)16-26-11-13-27(14-12-26)24(29)21-7-9-22-20(15-21)8-10-23(28)25-22/h3-7,9,15,17H,8,10-14,16H2,1-2H3,(H,25,28). The predicted octanol–water partition coefficient (Wildman–Crippen LogP) is 3.65. The van der Waals surface area contributed by atoms with Gasteiger partial charge >= 0.3 is 0 Å². The van der Waals surface area contributed by atoms with Gasteiger partial charge < -0.3 is 10.2 Å². The Bertz CT molecular complexity index is 897. The number of anilines is 1. The van der Waals surface area contributed by atoms with E-state index in [1.54, 1.807) is 0 Å². The van der Waals surface area contributed by atoms with Crippen LogP contribution < -0.4 is 5.32 Å². The van der Waals surface area contributed by atoms with E-state index in [0.29, 0.717) is 18.8 Å². The highest BCUT2D eigenvalue weighted by atomic mass is 16.2. The Morgan fingerprint density at radius 3 is 2.41 bits per heavy atom. The quantitative estimate of drug-likeness (QED) is 0.866. The number of hydrogen-bond acceptors (Lipinski definition) is 3. The monoisotopic (exact) mass is 391 g/mol. The number of fused-ring (bicyclic) bond motifs is 1. The van der Waals surface area contributed by atoms with E-state index in [-0.39, 0.29) is 11.8 Å². The lowest BCUT2D eigenvalue weighted by Gasteiger charge is -2.35. The van der Waals surface area contributed by atoms with Gasteiger partial charge in [-0.15, -0.1) is 0 Å². The van der Waals surface area contributed by atoms with E-state index in [1.807, 2.05) is 23.1 Å². The average molecular weight is 392 g/mol. The summed E-state index contributed by atoms with van der Waals surface area (Å²) in [5.41, 5.74) is 5.31. The van der Waals surface area contributed by atoms with Gasteiger partial charge in [-0.05, 0) is 47.2 Å². The molecule has 0 radical (unpaired) electrons. The minimum atomic E-state index is 0.0477. The summed E-state index contributed by atoms with van der Waals surface area (Å²) in [4.78, 5) is 28.8. The normalized spacial score (nSPS) is 17.2. The molecule has 4 rings (SSSR count). The van der Waals surface area contributed by atoms with E-state index in [0.717, 1.165) is 49.5 Å². The van der Waals surface area contributed by atoms with Crippen molar-refractivity contribution >= 4 is 17.5 Å². The molecule has 152 valence electrons. The van der Waals surface area contributed by atoms with Crippen LogP contribution >= 0.6 is 0 Å². The van der Waals surface area contributed by atoms with Crippen molar-refractivity contribution in [3.05, 3.63) is 64.7 Å². The Labute approximate surface area is 172 Å². The molecule has 29 heavy (non-hydrogen) atoms. The summed E-state index contributed by atoms with van der Waals surface area (Å²) in [6.45, 7) is 8.62. The lowest BCUT2D eigenvalue weighted by molar-refractivity contribution is -0.116. The first kappa shape index (κ1) is 19.6. The zero-order valence-electron chi connectivity index (χ0n) is 17.3. The molecule has 1 saturated heterocycles. The highest BCUT2D eigenvalue weighted by molar-refractivity contribution is 5.98. The zero-order chi connectivity index (χ0) is 20.4. The molecule has 5 heteroatoms. The number of hydrogen-bond donors (Lipinski definition) is 1. The van der Waals surface area contributed by atoms with Crippen LogP contribution in [0.15, 0.2) is 42.5 Å². The van der Waals surface area contributed by atoms with E-state index in [1.165, 1.54) is 11.1 Å². The van der Waals surface area contributed by atoms with Crippen LogP contribution in [0, 0.1) is 0 Å². The molecule has 0 bridgehead atoms. The van der Waals surface area contributed by atoms with Crippen molar-refractivity contribution < 1.29 is 9.59 Å². The van der Waals surface area contributed by atoms with E-state index < -0.39 is 0 Å². The Hall–Kier alpha value is -2.66. The number of benzene rings is 2. The smallest absolute Gasteiger partial charge is 0.253 e. The van der Waals surface area contributed by atoms with E-state index in [2.05, 4.69) is 48.3 Å². The summed E-state index contributed by atoms with van der Waals surface area (Å²) >= 11 is 0. The molecule has 2 amide bonds. The summed E-state index contributed by atoms with van der Waals surface area (Å²) in [5.74, 6) is 0.690. The van der Waals surface area contributed by atoms with Crippen LogP contribution in [-0.4, -0.2) is 47.8 Å². The maximum atomic E-state index is 12.9. The van der Waals surface area contributed by atoms with Crippen LogP contribution in [0.3, 0.4) is 0 Å². The molecule has 0 unspecified atom stereocenters. The number of aryl methyl sites for hydroxylation is 1. The van der Waals surface area contributed by atoms with Crippen molar-refractivity contribution in [3.63, 3.8) is 0 Å². The van der Waals surface area contributed by atoms with Crippen molar-refractivity contribution in [2.24, 2.45) is 0 Å². The number of carbonyl (C=O) groups is 2. The lowest BCUT2D eigenvalue weighted by atomic mass is 10.00. The summed E-state index contributed by atoms with van der Waals surface area (Å²) < 4.78 is 0. The molecule has 2 heterocycles. The first-order chi connectivity index (χ1) is 14.0. The summed E-state index contributed by atoms with van der Waals surface area (Å²) in [6, 6.07) is 14.5. The number of carbonyl (C=O) groups excluding carboxylic acids is 2. The average Bonchev–Trinajstić information content (AvgIpc) is 2.74. The van der Waals surface area contributed by atoms with Crippen molar-refractivity contribution in [2.75, 3.05) is 31.5 Å². The van der Waals surface area contributed by atoms with Gasteiger partial charge in [-0.1, -0.05) is 38.1 Å². The molecule has 0 saturated carbocycles. The molecule has 0 aromatic heterocycles. The largest absolute Gasteiger partial charge is 0.336 e. The molecule has 1 N–H and O–H groups in total. The highest BCUT2D eigenvalue weighted by Crippen LogP contribution is 2.24. The minimum absolute atomic E-state index is 0.0477. The van der Waals surface area contributed by atoms with E-state index >= 15 is 0 Å². The SMILES string of the molecule is CC(C)c1ccc(CN2CCN(C(=O)c3ccc4c(c3)CCC(=O)N4)CC2)cc1. The zero-order valence-corrected chi connectivity index (χ0v) is 17.3. The Balaban J connectivity index is 1.33. The fourth-order valence-corrected chi connectivity index (χ4v) is 4.07. The van der Waals surface area contributed by atoms with Gasteiger partial charge in [0.1, 0.15) is 0 Å². The van der Waals surface area contributed by atoms with Crippen LogP contribution in [0.4, 0.5) is 5.69 Å². The molecule has 0 aliphatic carbocycles. The topological polar surface area (TPSA) is 52.7 Å². The highest BCUT2D eigenvalue weighted by Gasteiger charge is 2.24.